The molecular formula is C5H6NO4. The fraction of sp³-hybridized carbons (Fsp3) is 0.400. The molecular weight excluding hydrogens is 138 g/mol. The number of rotatable bonds is 5. The molecule has 0 bridgehead atoms. The van der Waals surface area contributed by atoms with Crippen molar-refractivity contribution in [3.63, 3.8) is 0 Å². The molecule has 5 heteroatoms. The van der Waals surface area contributed by atoms with Crippen LogP contribution in [0.1, 0.15) is 12.8 Å². The highest BCUT2D eigenvalue weighted by Crippen LogP contribution is 1.82. The van der Waals surface area contributed by atoms with Gasteiger partial charge < -0.3 is 9.63 Å². The molecule has 0 saturated carbocycles. The fourth-order valence-electron chi connectivity index (χ4n) is 0.319. The van der Waals surface area contributed by atoms with E-state index in [1.807, 2.05) is 0 Å². The number of nitrogens with one attached hydrogen (secondary N) is 1. The first-order valence-corrected chi connectivity index (χ1v) is 2.56. The standard InChI is InChI=1S/C5H6NO4/c7-3-1-2-5(9)6-10-4-8/h3H,1-2H2,(H,6,9). The lowest BCUT2D eigenvalue weighted by molar-refractivity contribution is -0.129. The summed E-state index contributed by atoms with van der Waals surface area (Å²) in [5.41, 5.74) is 1.75. The second kappa shape index (κ2) is 5.74. The van der Waals surface area contributed by atoms with Gasteiger partial charge in [-0.25, -0.2) is 4.79 Å². The zero-order valence-electron chi connectivity index (χ0n) is 5.12. The van der Waals surface area contributed by atoms with Gasteiger partial charge >= 0.3 is 6.47 Å². The maximum atomic E-state index is 10.4. The summed E-state index contributed by atoms with van der Waals surface area (Å²) in [6.07, 6.45) is 0.740. The molecule has 0 spiro atoms. The monoisotopic (exact) mass is 144 g/mol. The van der Waals surface area contributed by atoms with Crippen molar-refractivity contribution in [2.24, 2.45) is 0 Å². The molecule has 0 aliphatic heterocycles. The molecule has 0 atom stereocenters. The van der Waals surface area contributed by atoms with E-state index in [0.29, 0.717) is 6.29 Å². The van der Waals surface area contributed by atoms with Crippen molar-refractivity contribution in [2.45, 2.75) is 12.8 Å². The van der Waals surface area contributed by atoms with E-state index in [1.54, 1.807) is 5.48 Å². The first kappa shape index (κ1) is 8.61. The summed E-state index contributed by atoms with van der Waals surface area (Å²) in [6.45, 7) is 1.00. The van der Waals surface area contributed by atoms with Crippen molar-refractivity contribution in [1.82, 2.24) is 5.48 Å². The third kappa shape index (κ3) is 4.76. The summed E-state index contributed by atoms with van der Waals surface area (Å²) < 4.78 is 0. The molecule has 0 aromatic carbocycles. The summed E-state index contributed by atoms with van der Waals surface area (Å²) in [5.74, 6) is -0.518. The van der Waals surface area contributed by atoms with Crippen LogP contribution in [0.3, 0.4) is 0 Å². The number of hydrogen-bond acceptors (Lipinski definition) is 4. The van der Waals surface area contributed by atoms with Crippen molar-refractivity contribution in [1.29, 1.82) is 0 Å². The minimum absolute atomic E-state index is 0.0190. The Morgan fingerprint density at radius 3 is 2.90 bits per heavy atom. The van der Waals surface area contributed by atoms with Gasteiger partial charge in [0, 0.05) is 12.8 Å². The van der Waals surface area contributed by atoms with Crippen LogP contribution in [0.5, 0.6) is 0 Å². The van der Waals surface area contributed by atoms with Gasteiger partial charge in [0.05, 0.1) is 0 Å². The van der Waals surface area contributed by atoms with E-state index < -0.39 is 5.91 Å². The zero-order valence-corrected chi connectivity index (χ0v) is 5.12. The summed E-state index contributed by atoms with van der Waals surface area (Å²) in [7, 11) is 0. The Bertz CT molecular complexity index is 120. The third-order valence-electron chi connectivity index (χ3n) is 0.696. The highest BCUT2D eigenvalue weighted by atomic mass is 16.7. The Hall–Kier alpha value is -1.39. The van der Waals surface area contributed by atoms with E-state index >= 15 is 0 Å². The predicted octanol–water partition coefficient (Wildman–Crippen LogP) is -0.920. The molecule has 0 aromatic heterocycles. The number of hydroxylamine groups is 1. The first-order chi connectivity index (χ1) is 4.81. The topological polar surface area (TPSA) is 72.5 Å². The third-order valence-corrected chi connectivity index (χ3v) is 0.696. The molecule has 0 aliphatic carbocycles. The Kier molecular flexibility index (Phi) is 4.94. The number of aldehydes is 1. The van der Waals surface area contributed by atoms with Crippen LogP contribution < -0.4 is 5.48 Å². The van der Waals surface area contributed by atoms with Crippen molar-refractivity contribution in [3.05, 3.63) is 0 Å². The highest BCUT2D eigenvalue weighted by Gasteiger charge is 1.98. The average Bonchev–Trinajstić information content (AvgIpc) is 1.97. The molecule has 0 saturated heterocycles. The van der Waals surface area contributed by atoms with Crippen LogP contribution in [0.15, 0.2) is 0 Å². The minimum atomic E-state index is -0.518. The Morgan fingerprint density at radius 2 is 2.40 bits per heavy atom. The average molecular weight is 144 g/mol. The molecule has 5 nitrogen and oxygen atoms in total. The normalized spacial score (nSPS) is 8.00. The van der Waals surface area contributed by atoms with Crippen LogP contribution >= 0.6 is 0 Å². The van der Waals surface area contributed by atoms with Gasteiger partial charge in [-0.1, -0.05) is 0 Å². The van der Waals surface area contributed by atoms with Gasteiger partial charge in [0.2, 0.25) is 0 Å². The lowest BCUT2D eigenvalue weighted by Gasteiger charge is -1.95. The Morgan fingerprint density at radius 1 is 1.70 bits per heavy atom. The van der Waals surface area contributed by atoms with Crippen LogP contribution in [0, 0.1) is 0 Å². The van der Waals surface area contributed by atoms with Gasteiger partial charge in [-0.3, -0.25) is 4.79 Å². The Labute approximate surface area is 57.3 Å². The quantitative estimate of drug-likeness (QED) is 0.400. The van der Waals surface area contributed by atoms with E-state index in [-0.39, 0.29) is 12.8 Å². The minimum Gasteiger partial charge on any atom is -0.330 e. The van der Waals surface area contributed by atoms with Crippen molar-refractivity contribution in [3.8, 4) is 0 Å². The largest absolute Gasteiger partial charge is 0.443 e. The van der Waals surface area contributed by atoms with Crippen molar-refractivity contribution >= 4 is 18.7 Å². The maximum absolute atomic E-state index is 10.4. The number of amides is 1. The van der Waals surface area contributed by atoms with E-state index in [1.165, 1.54) is 0 Å². The lowest BCUT2D eigenvalue weighted by atomic mass is 10.3. The van der Waals surface area contributed by atoms with E-state index in [9.17, 15) is 14.4 Å². The second-order valence-corrected chi connectivity index (χ2v) is 1.42. The van der Waals surface area contributed by atoms with Gasteiger partial charge in [0.1, 0.15) is 6.29 Å². The van der Waals surface area contributed by atoms with Crippen LogP contribution in [0.2, 0.25) is 0 Å². The SMILES string of the molecule is O=[C]ONC(=O)CCC=O. The molecule has 1 radical (unpaired) electrons. The summed E-state index contributed by atoms with van der Waals surface area (Å²) in [6, 6.07) is 0. The molecule has 1 N–H and O–H groups in total. The maximum Gasteiger partial charge on any atom is 0.443 e. The molecule has 0 heterocycles. The number of carbonyl (C=O) groups excluding carboxylic acids is 3. The Balaban J connectivity index is 3.24. The second-order valence-electron chi connectivity index (χ2n) is 1.42. The van der Waals surface area contributed by atoms with E-state index in [2.05, 4.69) is 4.84 Å². The first-order valence-electron chi connectivity index (χ1n) is 2.56. The van der Waals surface area contributed by atoms with Crippen LogP contribution in [-0.4, -0.2) is 18.7 Å². The van der Waals surface area contributed by atoms with E-state index in [4.69, 9.17) is 0 Å². The van der Waals surface area contributed by atoms with Gasteiger partial charge in [-0.05, 0) is 0 Å². The van der Waals surface area contributed by atoms with Crippen molar-refractivity contribution < 1.29 is 19.2 Å². The molecule has 0 unspecified atom stereocenters. The molecule has 0 aromatic rings. The molecule has 10 heavy (non-hydrogen) atoms. The van der Waals surface area contributed by atoms with Gasteiger partial charge in [0.15, 0.2) is 0 Å². The molecule has 0 aliphatic rings. The van der Waals surface area contributed by atoms with E-state index in [0.717, 1.165) is 6.47 Å². The summed E-state index contributed by atoms with van der Waals surface area (Å²) in [4.78, 5) is 33.2. The fourth-order valence-corrected chi connectivity index (χ4v) is 0.319. The summed E-state index contributed by atoms with van der Waals surface area (Å²) >= 11 is 0. The number of carbonyl (C=O) groups is 2. The molecule has 0 rings (SSSR count). The number of hydrogen-bond donors (Lipinski definition) is 1. The van der Waals surface area contributed by atoms with Crippen LogP contribution in [0.4, 0.5) is 0 Å². The zero-order chi connectivity index (χ0) is 7.82. The molecule has 0 fully saturated rings. The van der Waals surface area contributed by atoms with Crippen LogP contribution in [0.25, 0.3) is 0 Å². The smallest absolute Gasteiger partial charge is 0.330 e. The molecule has 55 valence electrons. The van der Waals surface area contributed by atoms with Gasteiger partial charge in [-0.2, -0.15) is 5.48 Å². The van der Waals surface area contributed by atoms with Gasteiger partial charge in [-0.15, -0.1) is 0 Å². The summed E-state index contributed by atoms with van der Waals surface area (Å²) in [5, 5.41) is 0. The predicted molar refractivity (Wildman–Crippen MR) is 30.2 cm³/mol. The highest BCUT2D eigenvalue weighted by molar-refractivity contribution is 5.77. The van der Waals surface area contributed by atoms with Gasteiger partial charge in [0.25, 0.3) is 5.91 Å². The van der Waals surface area contributed by atoms with Crippen molar-refractivity contribution in [2.75, 3.05) is 0 Å². The lowest BCUT2D eigenvalue weighted by Crippen LogP contribution is -2.22. The van der Waals surface area contributed by atoms with Crippen LogP contribution in [-0.2, 0) is 19.2 Å². The molecule has 1 amide bonds.